The Bertz CT molecular complexity index is 955. The molecule has 0 aliphatic heterocycles. The Kier molecular flexibility index (Phi) is 5.51. The predicted octanol–water partition coefficient (Wildman–Crippen LogP) is 3.25. The number of thiazole rings is 1. The van der Waals surface area contributed by atoms with Crippen LogP contribution in [-0.4, -0.2) is 41.5 Å². The van der Waals surface area contributed by atoms with Crippen LogP contribution in [0.25, 0.3) is 10.2 Å². The Morgan fingerprint density at radius 2 is 2.07 bits per heavy atom. The van der Waals surface area contributed by atoms with Gasteiger partial charge in [-0.25, -0.2) is 4.98 Å². The standard InChI is InChI=1S/C18H17N3O5S/c1-20(10-17-19-13-5-3-4-6-16(13)27-17)18(22)11-26-15-8-7-12(25-2)9-14(15)21(23)24/h3-9H,10-11H2,1-2H3. The number of carbonyl (C=O) groups is 1. The van der Waals surface area contributed by atoms with Gasteiger partial charge in [-0.15, -0.1) is 11.3 Å². The molecule has 140 valence electrons. The minimum atomic E-state index is -0.576. The van der Waals surface area contributed by atoms with Crippen LogP contribution in [0.2, 0.25) is 0 Å². The van der Waals surface area contributed by atoms with E-state index >= 15 is 0 Å². The smallest absolute Gasteiger partial charge is 0.314 e. The van der Waals surface area contributed by atoms with Gasteiger partial charge in [-0.2, -0.15) is 0 Å². The fourth-order valence-corrected chi connectivity index (χ4v) is 3.44. The van der Waals surface area contributed by atoms with Gasteiger partial charge in [0, 0.05) is 7.05 Å². The van der Waals surface area contributed by atoms with Crippen molar-refractivity contribution in [1.29, 1.82) is 0 Å². The van der Waals surface area contributed by atoms with Gasteiger partial charge in [-0.3, -0.25) is 14.9 Å². The fraction of sp³-hybridized carbons (Fsp3) is 0.222. The first-order valence-corrected chi connectivity index (χ1v) is 8.83. The molecule has 2 aromatic carbocycles. The van der Waals surface area contributed by atoms with Crippen LogP contribution in [0.5, 0.6) is 11.5 Å². The molecular weight excluding hydrogens is 370 g/mol. The van der Waals surface area contributed by atoms with E-state index in [9.17, 15) is 14.9 Å². The van der Waals surface area contributed by atoms with Crippen molar-refractivity contribution in [2.45, 2.75) is 6.54 Å². The maximum Gasteiger partial charge on any atom is 0.314 e. The van der Waals surface area contributed by atoms with E-state index in [2.05, 4.69) is 4.98 Å². The van der Waals surface area contributed by atoms with Crippen LogP contribution in [-0.2, 0) is 11.3 Å². The SMILES string of the molecule is COc1ccc(OCC(=O)N(C)Cc2nc3ccccc3s2)c([N+](=O)[O-])c1. The average molecular weight is 387 g/mol. The highest BCUT2D eigenvalue weighted by atomic mass is 32.1. The quantitative estimate of drug-likeness (QED) is 0.456. The zero-order chi connectivity index (χ0) is 19.4. The molecule has 3 rings (SSSR count). The molecule has 9 heteroatoms. The lowest BCUT2D eigenvalue weighted by Gasteiger charge is -2.16. The van der Waals surface area contributed by atoms with Crippen molar-refractivity contribution in [2.24, 2.45) is 0 Å². The highest BCUT2D eigenvalue weighted by Gasteiger charge is 2.19. The third-order valence-corrected chi connectivity index (χ3v) is 4.87. The topological polar surface area (TPSA) is 94.8 Å². The van der Waals surface area contributed by atoms with Gasteiger partial charge in [0.15, 0.2) is 12.4 Å². The van der Waals surface area contributed by atoms with Crippen LogP contribution in [0.1, 0.15) is 5.01 Å². The molecule has 27 heavy (non-hydrogen) atoms. The molecule has 0 aliphatic rings. The zero-order valence-electron chi connectivity index (χ0n) is 14.7. The second-order valence-corrected chi connectivity index (χ2v) is 6.82. The van der Waals surface area contributed by atoms with Crippen molar-refractivity contribution in [3.05, 3.63) is 57.6 Å². The molecule has 0 N–H and O–H groups in total. The van der Waals surface area contributed by atoms with Crippen molar-refractivity contribution in [1.82, 2.24) is 9.88 Å². The molecule has 0 saturated carbocycles. The maximum absolute atomic E-state index is 12.3. The average Bonchev–Trinajstić information content (AvgIpc) is 3.07. The highest BCUT2D eigenvalue weighted by Crippen LogP contribution is 2.31. The summed E-state index contributed by atoms with van der Waals surface area (Å²) >= 11 is 1.52. The number of nitro benzene ring substituents is 1. The molecule has 0 aliphatic carbocycles. The molecule has 0 unspecified atom stereocenters. The Hall–Kier alpha value is -3.20. The van der Waals surface area contributed by atoms with Crippen LogP contribution < -0.4 is 9.47 Å². The largest absolute Gasteiger partial charge is 0.496 e. The fourth-order valence-electron chi connectivity index (χ4n) is 2.42. The van der Waals surface area contributed by atoms with Gasteiger partial charge in [-0.1, -0.05) is 12.1 Å². The van der Waals surface area contributed by atoms with E-state index in [0.717, 1.165) is 15.2 Å². The van der Waals surface area contributed by atoms with E-state index in [-0.39, 0.29) is 24.0 Å². The number of hydrogen-bond acceptors (Lipinski definition) is 7. The summed E-state index contributed by atoms with van der Waals surface area (Å²) < 4.78 is 11.4. The Labute approximate surface area is 159 Å². The highest BCUT2D eigenvalue weighted by molar-refractivity contribution is 7.18. The number of benzene rings is 2. The van der Waals surface area contributed by atoms with Crippen molar-refractivity contribution >= 4 is 33.1 Å². The zero-order valence-corrected chi connectivity index (χ0v) is 15.6. The van der Waals surface area contributed by atoms with E-state index in [1.54, 1.807) is 7.05 Å². The van der Waals surface area contributed by atoms with Crippen LogP contribution >= 0.6 is 11.3 Å². The van der Waals surface area contributed by atoms with E-state index in [0.29, 0.717) is 12.3 Å². The molecule has 8 nitrogen and oxygen atoms in total. The summed E-state index contributed by atoms with van der Waals surface area (Å²) in [4.78, 5) is 28.9. The molecule has 1 amide bonds. The number of likely N-dealkylation sites (N-methyl/N-ethyl adjacent to an activating group) is 1. The van der Waals surface area contributed by atoms with Crippen molar-refractivity contribution in [3.8, 4) is 11.5 Å². The number of nitro groups is 1. The van der Waals surface area contributed by atoms with Gasteiger partial charge in [0.05, 0.1) is 34.9 Å². The molecule has 0 atom stereocenters. The number of fused-ring (bicyclic) bond motifs is 1. The van der Waals surface area contributed by atoms with E-state index in [1.807, 2.05) is 24.3 Å². The van der Waals surface area contributed by atoms with Gasteiger partial charge < -0.3 is 14.4 Å². The number of carbonyl (C=O) groups excluding carboxylic acids is 1. The van der Waals surface area contributed by atoms with E-state index < -0.39 is 4.92 Å². The molecule has 0 spiro atoms. The number of nitrogens with zero attached hydrogens (tertiary/aromatic N) is 3. The van der Waals surface area contributed by atoms with Gasteiger partial charge in [0.2, 0.25) is 0 Å². The van der Waals surface area contributed by atoms with Crippen LogP contribution in [0, 0.1) is 10.1 Å². The summed E-state index contributed by atoms with van der Waals surface area (Å²) in [5, 5.41) is 12.0. The molecule has 0 bridgehead atoms. The molecule has 1 aromatic heterocycles. The first kappa shape index (κ1) is 18.6. The van der Waals surface area contributed by atoms with Crippen molar-refractivity contribution in [3.63, 3.8) is 0 Å². The number of rotatable bonds is 7. The number of aromatic nitrogens is 1. The van der Waals surface area contributed by atoms with Gasteiger partial charge in [0.1, 0.15) is 10.8 Å². The lowest BCUT2D eigenvalue weighted by Crippen LogP contribution is -2.31. The second-order valence-electron chi connectivity index (χ2n) is 5.70. The van der Waals surface area contributed by atoms with Gasteiger partial charge >= 0.3 is 5.69 Å². The summed E-state index contributed by atoms with van der Waals surface area (Å²) in [5.41, 5.74) is 0.638. The number of hydrogen-bond donors (Lipinski definition) is 0. The minimum Gasteiger partial charge on any atom is -0.496 e. The summed E-state index contributed by atoms with van der Waals surface area (Å²) in [5.74, 6) is 0.0511. The third-order valence-electron chi connectivity index (χ3n) is 3.85. The summed E-state index contributed by atoms with van der Waals surface area (Å²) in [6.45, 7) is 0.0286. The summed E-state index contributed by atoms with van der Waals surface area (Å²) in [7, 11) is 3.06. The number of para-hydroxylation sites is 1. The van der Waals surface area contributed by atoms with Gasteiger partial charge in [-0.05, 0) is 24.3 Å². The first-order chi connectivity index (χ1) is 13.0. The Morgan fingerprint density at radius 1 is 1.30 bits per heavy atom. The summed E-state index contributed by atoms with van der Waals surface area (Å²) in [6.07, 6.45) is 0. The normalized spacial score (nSPS) is 10.6. The lowest BCUT2D eigenvalue weighted by atomic mass is 10.3. The maximum atomic E-state index is 12.3. The first-order valence-electron chi connectivity index (χ1n) is 8.01. The Balaban J connectivity index is 1.64. The molecule has 0 saturated heterocycles. The number of amides is 1. The van der Waals surface area contributed by atoms with Crippen LogP contribution in [0.3, 0.4) is 0 Å². The van der Waals surface area contributed by atoms with Crippen molar-refractivity contribution < 1.29 is 19.2 Å². The molecule has 0 fully saturated rings. The molecule has 3 aromatic rings. The van der Waals surface area contributed by atoms with E-state index in [4.69, 9.17) is 9.47 Å². The van der Waals surface area contributed by atoms with Crippen LogP contribution in [0.4, 0.5) is 5.69 Å². The molecular formula is C18H17N3O5S. The van der Waals surface area contributed by atoms with E-state index in [1.165, 1.54) is 41.5 Å². The second kappa shape index (κ2) is 8.00. The van der Waals surface area contributed by atoms with Gasteiger partial charge in [0.25, 0.3) is 5.91 Å². The van der Waals surface area contributed by atoms with Crippen LogP contribution in [0.15, 0.2) is 42.5 Å². The summed E-state index contributed by atoms with van der Waals surface area (Å²) in [6, 6.07) is 12.0. The minimum absolute atomic E-state index is 0.0162. The number of methoxy groups -OCH3 is 1. The monoisotopic (exact) mass is 387 g/mol. The number of ether oxygens (including phenoxy) is 2. The lowest BCUT2D eigenvalue weighted by molar-refractivity contribution is -0.385. The van der Waals surface area contributed by atoms with Crippen molar-refractivity contribution in [2.75, 3.05) is 20.8 Å². The third kappa shape index (κ3) is 4.32. The molecule has 0 radical (unpaired) electrons. The molecule has 1 heterocycles. The predicted molar refractivity (Wildman–Crippen MR) is 101 cm³/mol. The Morgan fingerprint density at radius 3 is 2.78 bits per heavy atom.